The second-order valence-electron chi connectivity index (χ2n) is 6.97. The summed E-state index contributed by atoms with van der Waals surface area (Å²) in [5.74, 6) is -0.343. The molecule has 0 aromatic heterocycles. The molecule has 2 aromatic carbocycles. The molecule has 0 heterocycles. The largest absolute Gasteiger partial charge is 0.303 e. The van der Waals surface area contributed by atoms with Gasteiger partial charge in [0.05, 0.1) is 4.90 Å². The van der Waals surface area contributed by atoms with Crippen molar-refractivity contribution in [2.45, 2.75) is 24.7 Å². The molecular formula is C20H21NO4S. The minimum absolute atomic E-state index is 0.0193. The van der Waals surface area contributed by atoms with Gasteiger partial charge in [0, 0.05) is 17.9 Å². The van der Waals surface area contributed by atoms with E-state index >= 15 is 0 Å². The van der Waals surface area contributed by atoms with Gasteiger partial charge in [-0.05, 0) is 30.5 Å². The highest BCUT2D eigenvalue weighted by molar-refractivity contribution is 7.89. The van der Waals surface area contributed by atoms with Gasteiger partial charge in [0.2, 0.25) is 6.41 Å². The van der Waals surface area contributed by atoms with Crippen molar-refractivity contribution >= 4 is 22.7 Å². The first-order valence-electron chi connectivity index (χ1n) is 8.39. The standard InChI is InChI=1S/C20H21NO4S/c1-15-8-10-17(11-9-15)26(24,25)21(14-23)12-18-19(20(18,2)13-22)16-6-4-3-5-7-16/h3-11,13-14,18-19H,12H2,1-2H3/t18-,19-,20-/m1/s1. The van der Waals surface area contributed by atoms with Crippen LogP contribution < -0.4 is 0 Å². The lowest BCUT2D eigenvalue weighted by Crippen LogP contribution is -2.32. The number of nitrogens with zero attached hydrogens (tertiary/aromatic N) is 1. The zero-order valence-corrected chi connectivity index (χ0v) is 15.5. The number of amides is 1. The number of hydrogen-bond acceptors (Lipinski definition) is 4. The highest BCUT2D eigenvalue weighted by atomic mass is 32.2. The van der Waals surface area contributed by atoms with Gasteiger partial charge in [-0.15, -0.1) is 0 Å². The van der Waals surface area contributed by atoms with Crippen LogP contribution in [0.1, 0.15) is 24.0 Å². The summed E-state index contributed by atoms with van der Waals surface area (Å²) >= 11 is 0. The zero-order valence-electron chi connectivity index (χ0n) is 14.7. The van der Waals surface area contributed by atoms with E-state index in [1.54, 1.807) is 12.1 Å². The Bertz CT molecular complexity index is 909. The van der Waals surface area contributed by atoms with E-state index in [1.165, 1.54) is 12.1 Å². The Morgan fingerprint density at radius 3 is 2.19 bits per heavy atom. The molecule has 1 aliphatic rings. The van der Waals surface area contributed by atoms with Gasteiger partial charge >= 0.3 is 0 Å². The lowest BCUT2D eigenvalue weighted by atomic mass is 10.0. The number of aryl methyl sites for hydroxylation is 1. The summed E-state index contributed by atoms with van der Waals surface area (Å²) < 4.78 is 26.4. The molecule has 0 saturated heterocycles. The van der Waals surface area contributed by atoms with Gasteiger partial charge < -0.3 is 4.79 Å². The van der Waals surface area contributed by atoms with Gasteiger partial charge in [-0.1, -0.05) is 55.0 Å². The first-order valence-corrected chi connectivity index (χ1v) is 9.83. The lowest BCUT2D eigenvalue weighted by molar-refractivity contribution is -0.115. The van der Waals surface area contributed by atoms with Crippen LogP contribution in [0.4, 0.5) is 0 Å². The molecule has 0 bridgehead atoms. The van der Waals surface area contributed by atoms with Crippen LogP contribution in [0.15, 0.2) is 59.5 Å². The van der Waals surface area contributed by atoms with E-state index in [4.69, 9.17) is 0 Å². The number of aldehydes is 1. The van der Waals surface area contributed by atoms with Crippen LogP contribution in [-0.4, -0.2) is 32.0 Å². The third-order valence-corrected chi connectivity index (χ3v) is 7.02. The summed E-state index contributed by atoms with van der Waals surface area (Å²) in [5, 5.41) is 0. The Balaban J connectivity index is 1.87. The van der Waals surface area contributed by atoms with Crippen molar-refractivity contribution < 1.29 is 18.0 Å². The van der Waals surface area contributed by atoms with E-state index in [0.717, 1.165) is 21.7 Å². The molecule has 136 valence electrons. The molecule has 1 fully saturated rings. The molecule has 0 radical (unpaired) electrons. The van der Waals surface area contributed by atoms with E-state index in [0.29, 0.717) is 6.41 Å². The summed E-state index contributed by atoms with van der Waals surface area (Å²) in [4.78, 5) is 23.3. The average Bonchev–Trinajstić information content (AvgIpc) is 3.25. The Morgan fingerprint density at radius 2 is 1.65 bits per heavy atom. The van der Waals surface area contributed by atoms with Gasteiger partial charge in [0.1, 0.15) is 6.29 Å². The normalized spacial score (nSPS) is 24.7. The highest BCUT2D eigenvalue weighted by Crippen LogP contribution is 2.63. The van der Waals surface area contributed by atoms with E-state index in [1.807, 2.05) is 44.2 Å². The maximum Gasteiger partial charge on any atom is 0.266 e. The molecule has 2 aromatic rings. The molecule has 0 N–H and O–H groups in total. The van der Waals surface area contributed by atoms with Gasteiger partial charge in [-0.25, -0.2) is 12.7 Å². The molecular weight excluding hydrogens is 350 g/mol. The van der Waals surface area contributed by atoms with E-state index in [2.05, 4.69) is 0 Å². The van der Waals surface area contributed by atoms with E-state index in [9.17, 15) is 18.0 Å². The third-order valence-electron chi connectivity index (χ3n) is 5.30. The summed E-state index contributed by atoms with van der Waals surface area (Å²) in [7, 11) is -3.94. The fraction of sp³-hybridized carbons (Fsp3) is 0.300. The SMILES string of the molecule is Cc1ccc(S(=O)(=O)N(C=O)C[C@@H]2[C@@H](c3ccccc3)[C@]2(C)C=O)cc1. The predicted molar refractivity (Wildman–Crippen MR) is 98.0 cm³/mol. The van der Waals surface area contributed by atoms with Crippen LogP contribution in [0, 0.1) is 18.3 Å². The van der Waals surface area contributed by atoms with Crippen LogP contribution in [-0.2, 0) is 19.6 Å². The van der Waals surface area contributed by atoms with Crippen molar-refractivity contribution in [1.29, 1.82) is 0 Å². The molecule has 3 atom stereocenters. The minimum Gasteiger partial charge on any atom is -0.303 e. The van der Waals surface area contributed by atoms with Crippen molar-refractivity contribution in [1.82, 2.24) is 4.31 Å². The van der Waals surface area contributed by atoms with Crippen molar-refractivity contribution in [2.24, 2.45) is 11.3 Å². The van der Waals surface area contributed by atoms with Crippen LogP contribution in [0.3, 0.4) is 0 Å². The van der Waals surface area contributed by atoms with Crippen molar-refractivity contribution in [2.75, 3.05) is 6.54 Å². The third kappa shape index (κ3) is 3.05. The fourth-order valence-corrected chi connectivity index (χ4v) is 4.80. The molecule has 1 aliphatic carbocycles. The smallest absolute Gasteiger partial charge is 0.266 e. The monoisotopic (exact) mass is 371 g/mol. The summed E-state index contributed by atoms with van der Waals surface area (Å²) in [6, 6.07) is 15.9. The van der Waals surface area contributed by atoms with Gasteiger partial charge in [-0.3, -0.25) is 4.79 Å². The predicted octanol–water partition coefficient (Wildman–Crippen LogP) is 2.76. The molecule has 1 saturated carbocycles. The lowest BCUT2D eigenvalue weighted by Gasteiger charge is -2.18. The number of rotatable bonds is 7. The molecule has 1 amide bonds. The van der Waals surface area contributed by atoms with Crippen LogP contribution in [0.25, 0.3) is 0 Å². The van der Waals surface area contributed by atoms with Crippen LogP contribution >= 0.6 is 0 Å². The molecule has 0 unspecified atom stereocenters. The number of hydrogen-bond donors (Lipinski definition) is 0. The van der Waals surface area contributed by atoms with Gasteiger partial charge in [0.25, 0.3) is 10.0 Å². The van der Waals surface area contributed by atoms with Gasteiger partial charge in [0.15, 0.2) is 0 Å². The maximum atomic E-state index is 12.8. The second kappa shape index (κ2) is 6.68. The Labute approximate surface area is 153 Å². The van der Waals surface area contributed by atoms with Crippen LogP contribution in [0.5, 0.6) is 0 Å². The maximum absolute atomic E-state index is 12.8. The zero-order chi connectivity index (χ0) is 18.9. The Kier molecular flexibility index (Phi) is 4.71. The first-order chi connectivity index (χ1) is 12.3. The molecule has 5 nitrogen and oxygen atoms in total. The van der Waals surface area contributed by atoms with Crippen LogP contribution in [0.2, 0.25) is 0 Å². The summed E-state index contributed by atoms with van der Waals surface area (Å²) in [6.45, 7) is 3.65. The van der Waals surface area contributed by atoms with Crippen molar-refractivity contribution in [3.05, 3.63) is 65.7 Å². The summed E-state index contributed by atoms with van der Waals surface area (Å²) in [6.07, 6.45) is 1.21. The fourth-order valence-electron chi connectivity index (χ4n) is 3.58. The first kappa shape index (κ1) is 18.3. The Hall–Kier alpha value is -2.47. The molecule has 3 rings (SSSR count). The molecule has 6 heteroatoms. The summed E-state index contributed by atoms with van der Waals surface area (Å²) in [5.41, 5.74) is 1.23. The number of carbonyl (C=O) groups is 2. The number of benzene rings is 2. The minimum atomic E-state index is -3.94. The topological polar surface area (TPSA) is 71.5 Å². The highest BCUT2D eigenvalue weighted by Gasteiger charge is 2.62. The Morgan fingerprint density at radius 1 is 1.04 bits per heavy atom. The molecule has 26 heavy (non-hydrogen) atoms. The second-order valence-corrected chi connectivity index (χ2v) is 8.86. The molecule has 0 aliphatic heterocycles. The quantitative estimate of drug-likeness (QED) is 0.702. The van der Waals surface area contributed by atoms with Crippen molar-refractivity contribution in [3.63, 3.8) is 0 Å². The van der Waals surface area contributed by atoms with Crippen molar-refractivity contribution in [3.8, 4) is 0 Å². The van der Waals surface area contributed by atoms with Gasteiger partial charge in [-0.2, -0.15) is 0 Å². The average molecular weight is 371 g/mol. The van der Waals surface area contributed by atoms with E-state index in [-0.39, 0.29) is 23.3 Å². The van der Waals surface area contributed by atoms with E-state index < -0.39 is 15.4 Å². The number of sulfonamides is 1. The number of carbonyl (C=O) groups excluding carboxylic acids is 2. The molecule has 0 spiro atoms.